The van der Waals surface area contributed by atoms with Crippen LogP contribution in [0.2, 0.25) is 5.15 Å². The van der Waals surface area contributed by atoms with Crippen LogP contribution in [0.4, 0.5) is 0 Å². The average Bonchev–Trinajstić information content (AvgIpc) is 2.31. The summed E-state index contributed by atoms with van der Waals surface area (Å²) >= 11 is 5.70. The monoisotopic (exact) mass is 172 g/mol. The van der Waals surface area contributed by atoms with Crippen LogP contribution in [0, 0.1) is 0 Å². The molecule has 60 valence electrons. The molecule has 0 bridgehead atoms. The van der Waals surface area contributed by atoms with Crippen LogP contribution in [0.5, 0.6) is 0 Å². The number of nitrogens with two attached hydrogens (primary N) is 1. The summed E-state index contributed by atoms with van der Waals surface area (Å²) < 4.78 is 0. The normalized spacial score (nSPS) is 10.1. The molecule has 0 aliphatic heterocycles. The lowest BCUT2D eigenvalue weighted by molar-refractivity contribution is 0.101. The zero-order chi connectivity index (χ0) is 8.43. The zero-order valence-electron chi connectivity index (χ0n) is 6.15. The molecule has 1 aromatic rings. The summed E-state index contributed by atoms with van der Waals surface area (Å²) in [7, 11) is 0. The Morgan fingerprint density at radius 3 is 2.73 bits per heavy atom. The molecule has 1 heterocycles. The number of nitrogens with one attached hydrogen (secondary N) is 1. The van der Waals surface area contributed by atoms with E-state index < -0.39 is 0 Å². The van der Waals surface area contributed by atoms with E-state index in [2.05, 4.69) is 4.98 Å². The minimum absolute atomic E-state index is 0.0356. The molecule has 0 aliphatic carbocycles. The highest BCUT2D eigenvalue weighted by atomic mass is 35.5. The van der Waals surface area contributed by atoms with Crippen molar-refractivity contribution in [3.63, 3.8) is 0 Å². The van der Waals surface area contributed by atoms with Gasteiger partial charge in [0, 0.05) is 19.0 Å². The van der Waals surface area contributed by atoms with E-state index >= 15 is 0 Å². The van der Waals surface area contributed by atoms with Crippen molar-refractivity contribution in [2.75, 3.05) is 0 Å². The molecule has 0 atom stereocenters. The van der Waals surface area contributed by atoms with Gasteiger partial charge in [-0.05, 0) is 6.07 Å². The quantitative estimate of drug-likeness (QED) is 0.662. The lowest BCUT2D eigenvalue weighted by Crippen LogP contribution is -1.94. The van der Waals surface area contributed by atoms with Gasteiger partial charge >= 0.3 is 0 Å². The van der Waals surface area contributed by atoms with Gasteiger partial charge < -0.3 is 10.7 Å². The van der Waals surface area contributed by atoms with Crippen molar-refractivity contribution in [3.05, 3.63) is 22.5 Å². The Labute approximate surface area is 69.5 Å². The first-order valence-electron chi connectivity index (χ1n) is 3.23. The number of hydrogen-bond donors (Lipinski definition) is 2. The zero-order valence-corrected chi connectivity index (χ0v) is 6.90. The van der Waals surface area contributed by atoms with E-state index in [0.717, 1.165) is 5.56 Å². The van der Waals surface area contributed by atoms with Gasteiger partial charge in [-0.25, -0.2) is 0 Å². The van der Waals surface area contributed by atoms with Gasteiger partial charge in [0.2, 0.25) is 0 Å². The first-order chi connectivity index (χ1) is 5.15. The molecular weight excluding hydrogens is 164 g/mol. The minimum atomic E-state index is -0.0356. The summed E-state index contributed by atoms with van der Waals surface area (Å²) in [5.74, 6) is -0.0356. The molecule has 0 spiro atoms. The van der Waals surface area contributed by atoms with Crippen molar-refractivity contribution < 1.29 is 4.79 Å². The Kier molecular flexibility index (Phi) is 2.31. The molecule has 3 nitrogen and oxygen atoms in total. The smallest absolute Gasteiger partial charge is 0.175 e. The maximum absolute atomic E-state index is 10.8. The topological polar surface area (TPSA) is 58.9 Å². The van der Waals surface area contributed by atoms with Crippen molar-refractivity contribution >= 4 is 17.4 Å². The predicted octanol–water partition coefficient (Wildman–Crippen LogP) is 1.33. The van der Waals surface area contributed by atoms with Crippen LogP contribution in [-0.4, -0.2) is 10.8 Å². The van der Waals surface area contributed by atoms with E-state index in [1.165, 1.54) is 6.92 Å². The highest BCUT2D eigenvalue weighted by molar-refractivity contribution is 6.30. The number of aromatic amines is 1. The molecule has 0 aliphatic rings. The molecule has 0 fully saturated rings. The molecule has 0 radical (unpaired) electrons. The van der Waals surface area contributed by atoms with Gasteiger partial charge in [-0.3, -0.25) is 4.79 Å². The lowest BCUT2D eigenvalue weighted by atomic mass is 10.2. The Bertz CT molecular complexity index is 280. The molecule has 11 heavy (non-hydrogen) atoms. The van der Waals surface area contributed by atoms with Crippen LogP contribution in [0.3, 0.4) is 0 Å². The number of rotatable bonds is 2. The molecule has 1 aromatic heterocycles. The Morgan fingerprint density at radius 2 is 2.45 bits per heavy atom. The average molecular weight is 173 g/mol. The molecule has 1 rings (SSSR count). The van der Waals surface area contributed by atoms with Crippen LogP contribution in [-0.2, 0) is 6.54 Å². The van der Waals surface area contributed by atoms with E-state index in [4.69, 9.17) is 17.3 Å². The highest BCUT2D eigenvalue weighted by Gasteiger charge is 2.06. The van der Waals surface area contributed by atoms with Gasteiger partial charge in [-0.15, -0.1) is 0 Å². The number of carbonyl (C=O) groups is 1. The van der Waals surface area contributed by atoms with E-state index in [9.17, 15) is 4.79 Å². The van der Waals surface area contributed by atoms with Gasteiger partial charge in [0.05, 0.1) is 5.69 Å². The fourth-order valence-corrected chi connectivity index (χ4v) is 1.04. The Hall–Kier alpha value is -0.800. The van der Waals surface area contributed by atoms with Gasteiger partial charge in [0.15, 0.2) is 5.78 Å². The molecule has 3 N–H and O–H groups in total. The second-order valence-electron chi connectivity index (χ2n) is 2.28. The standard InChI is InChI=1S/C7H9ClN2O/c1-4(11)6-2-5(3-9)7(8)10-6/h2,10H,3,9H2,1H3. The van der Waals surface area contributed by atoms with E-state index in [1.807, 2.05) is 0 Å². The SMILES string of the molecule is CC(=O)c1cc(CN)c(Cl)[nH]1. The van der Waals surface area contributed by atoms with Gasteiger partial charge in [-0.2, -0.15) is 0 Å². The number of halogens is 1. The van der Waals surface area contributed by atoms with Crippen LogP contribution in [0.1, 0.15) is 23.0 Å². The largest absolute Gasteiger partial charge is 0.343 e. The van der Waals surface area contributed by atoms with Crippen molar-refractivity contribution in [2.45, 2.75) is 13.5 Å². The number of H-pyrrole nitrogens is 1. The summed E-state index contributed by atoms with van der Waals surface area (Å²) in [6, 6.07) is 1.67. The fourth-order valence-electron chi connectivity index (χ4n) is 0.810. The van der Waals surface area contributed by atoms with Crippen LogP contribution < -0.4 is 5.73 Å². The fraction of sp³-hybridized carbons (Fsp3) is 0.286. The van der Waals surface area contributed by atoms with E-state index in [-0.39, 0.29) is 5.78 Å². The second kappa shape index (κ2) is 3.07. The van der Waals surface area contributed by atoms with Gasteiger partial charge in [-0.1, -0.05) is 11.6 Å². The second-order valence-corrected chi connectivity index (χ2v) is 2.66. The number of ketones is 1. The van der Waals surface area contributed by atoms with Gasteiger partial charge in [0.25, 0.3) is 0 Å². The van der Waals surface area contributed by atoms with Crippen molar-refractivity contribution in [1.82, 2.24) is 4.98 Å². The number of hydrogen-bond acceptors (Lipinski definition) is 2. The lowest BCUT2D eigenvalue weighted by Gasteiger charge is -1.86. The summed E-state index contributed by atoms with van der Waals surface area (Å²) in [6.45, 7) is 1.82. The summed E-state index contributed by atoms with van der Waals surface area (Å²) in [5, 5.41) is 0.456. The summed E-state index contributed by atoms with van der Waals surface area (Å²) in [5.41, 5.74) is 6.63. The summed E-state index contributed by atoms with van der Waals surface area (Å²) in [6.07, 6.45) is 0. The highest BCUT2D eigenvalue weighted by Crippen LogP contribution is 2.15. The number of aromatic nitrogens is 1. The maximum atomic E-state index is 10.8. The molecule has 0 saturated carbocycles. The third kappa shape index (κ3) is 1.61. The predicted molar refractivity (Wildman–Crippen MR) is 43.7 cm³/mol. The van der Waals surface area contributed by atoms with Crippen molar-refractivity contribution in [1.29, 1.82) is 0 Å². The maximum Gasteiger partial charge on any atom is 0.175 e. The van der Waals surface area contributed by atoms with Crippen LogP contribution in [0.25, 0.3) is 0 Å². The van der Waals surface area contributed by atoms with Crippen molar-refractivity contribution in [2.24, 2.45) is 5.73 Å². The summed E-state index contributed by atoms with van der Waals surface area (Å²) in [4.78, 5) is 13.5. The first kappa shape index (κ1) is 8.30. The first-order valence-corrected chi connectivity index (χ1v) is 3.61. The number of carbonyl (C=O) groups excluding carboxylic acids is 1. The Balaban J connectivity index is 3.05. The van der Waals surface area contributed by atoms with Crippen LogP contribution >= 0.6 is 11.6 Å². The molecule has 0 saturated heterocycles. The van der Waals surface area contributed by atoms with E-state index in [1.54, 1.807) is 6.07 Å². The van der Waals surface area contributed by atoms with Gasteiger partial charge in [0.1, 0.15) is 5.15 Å². The van der Waals surface area contributed by atoms with Crippen LogP contribution in [0.15, 0.2) is 6.07 Å². The molecular formula is C7H9ClN2O. The molecule has 0 unspecified atom stereocenters. The molecule has 0 amide bonds. The molecule has 0 aromatic carbocycles. The third-order valence-corrected chi connectivity index (χ3v) is 1.78. The molecule has 4 heteroatoms. The minimum Gasteiger partial charge on any atom is -0.343 e. The number of Topliss-reactive ketones (excluding diaryl/α,β-unsaturated/α-hetero) is 1. The Morgan fingerprint density at radius 1 is 1.82 bits per heavy atom. The van der Waals surface area contributed by atoms with Crippen molar-refractivity contribution in [3.8, 4) is 0 Å². The van der Waals surface area contributed by atoms with E-state index in [0.29, 0.717) is 17.4 Å². The third-order valence-electron chi connectivity index (χ3n) is 1.44.